The summed E-state index contributed by atoms with van der Waals surface area (Å²) < 4.78 is 31.5. The summed E-state index contributed by atoms with van der Waals surface area (Å²) in [6, 6.07) is 41.6. The number of esters is 4. The van der Waals surface area contributed by atoms with Crippen LogP contribution < -0.4 is 9.47 Å². The van der Waals surface area contributed by atoms with Gasteiger partial charge in [0, 0.05) is 95.3 Å². The molecular weight excluding hydrogens is 1250 g/mol. The lowest BCUT2D eigenvalue weighted by atomic mass is 10.0. The third-order valence-corrected chi connectivity index (χ3v) is 23.4. The lowest BCUT2D eigenvalue weighted by Crippen LogP contribution is -2.07. The molecule has 0 saturated carbocycles. The molecule has 0 fully saturated rings. The van der Waals surface area contributed by atoms with Gasteiger partial charge in [0.15, 0.2) is 0 Å². The Kier molecular flexibility index (Phi) is 24.3. The van der Waals surface area contributed by atoms with Gasteiger partial charge in [0.1, 0.15) is 22.5 Å². The number of benzene rings is 3. The summed E-state index contributed by atoms with van der Waals surface area (Å²) in [6.07, 6.45) is 16.3. The molecule has 7 aromatic heterocycles. The van der Waals surface area contributed by atoms with E-state index in [2.05, 4.69) is 74.5 Å². The van der Waals surface area contributed by atoms with Gasteiger partial charge in [-0.1, -0.05) is 74.2 Å². The lowest BCUT2D eigenvalue weighted by molar-refractivity contribution is -0.144. The Bertz CT molecular complexity index is 3680. The number of hydrogen-bond donors (Lipinski definition) is 0. The average molecular weight is 1320 g/mol. The maximum Gasteiger partial charge on any atom is 0.311 e. The Morgan fingerprint density at radius 3 is 1.09 bits per heavy atom. The van der Waals surface area contributed by atoms with Crippen molar-refractivity contribution in [1.82, 2.24) is 8.75 Å². The Morgan fingerprint density at radius 2 is 0.708 bits per heavy atom. The molecule has 0 radical (unpaired) electrons. The van der Waals surface area contributed by atoms with Crippen LogP contribution in [0.3, 0.4) is 0 Å². The van der Waals surface area contributed by atoms with Gasteiger partial charge in [-0.05, 0) is 200 Å². The topological polar surface area (TPSA) is 131 Å². The summed E-state index contributed by atoms with van der Waals surface area (Å²) >= 11 is 12.4. The van der Waals surface area contributed by atoms with E-state index in [-0.39, 0.29) is 23.9 Å². The summed E-state index contributed by atoms with van der Waals surface area (Å²) in [5.41, 5.74) is 9.36. The normalized spacial score (nSPS) is 11.4. The molecule has 0 bridgehead atoms. The molecule has 17 heteroatoms. The fourth-order valence-electron chi connectivity index (χ4n) is 11.1. The fourth-order valence-corrected chi connectivity index (χ4v) is 18.9. The SMILES string of the molecule is CCOC(=O)CCCCCc1cc(-c2sc(C)cc2CCCCCC(=O)Oc2ccccc2)sc1-c1ccc(-c2ccc(-c3ccc(-c4sc(-c5sc(C)cc5CCCCCC(=O)Oc5ccccc5)cc4CCCCCC(=O)OCC)s3)c3nsnc23)s1. The van der Waals surface area contributed by atoms with Gasteiger partial charge in [0.25, 0.3) is 0 Å². The van der Waals surface area contributed by atoms with Crippen molar-refractivity contribution >= 4 is 115 Å². The van der Waals surface area contributed by atoms with Gasteiger partial charge < -0.3 is 18.9 Å². The van der Waals surface area contributed by atoms with E-state index >= 15 is 0 Å². The molecule has 10 aromatic rings. The maximum atomic E-state index is 12.6. The molecule has 0 aliphatic rings. The number of carbonyl (C=O) groups is 4. The molecular formula is C72H76N2O8S7. The number of rotatable bonds is 34. The first-order valence-electron chi connectivity index (χ1n) is 31.2. The molecule has 3 aromatic carbocycles. The predicted molar refractivity (Wildman–Crippen MR) is 373 cm³/mol. The van der Waals surface area contributed by atoms with Crippen molar-refractivity contribution in [3.63, 3.8) is 0 Å². The second-order valence-corrected chi connectivity index (χ2v) is 29.5. The number of unbranched alkanes of at least 4 members (excludes halogenated alkanes) is 8. The molecule has 0 aliphatic carbocycles. The highest BCUT2D eigenvalue weighted by atomic mass is 32.1. The number of ether oxygens (including phenoxy) is 4. The molecule has 0 amide bonds. The van der Waals surface area contributed by atoms with Crippen molar-refractivity contribution < 1.29 is 38.1 Å². The molecule has 464 valence electrons. The quantitative estimate of drug-likeness (QED) is 0.0218. The van der Waals surface area contributed by atoms with Crippen molar-refractivity contribution in [3.05, 3.63) is 153 Å². The highest BCUT2D eigenvalue weighted by Gasteiger charge is 2.23. The largest absolute Gasteiger partial charge is 0.466 e. The Labute approximate surface area is 551 Å². The molecule has 7 heterocycles. The second-order valence-electron chi connectivity index (χ2n) is 22.2. The number of para-hydroxylation sites is 2. The van der Waals surface area contributed by atoms with Crippen LogP contribution in [-0.4, -0.2) is 45.8 Å². The summed E-state index contributed by atoms with van der Waals surface area (Å²) in [5, 5.41) is 0. The Balaban J connectivity index is 0.857. The van der Waals surface area contributed by atoms with E-state index < -0.39 is 0 Å². The Morgan fingerprint density at radius 1 is 0.360 bits per heavy atom. The first kappa shape index (κ1) is 65.5. The van der Waals surface area contributed by atoms with Crippen LogP contribution in [0.5, 0.6) is 11.5 Å². The molecule has 0 spiro atoms. The zero-order valence-electron chi connectivity index (χ0n) is 51.1. The summed E-state index contributed by atoms with van der Waals surface area (Å²) in [7, 11) is 0. The van der Waals surface area contributed by atoms with Gasteiger partial charge >= 0.3 is 23.9 Å². The van der Waals surface area contributed by atoms with Gasteiger partial charge in [-0.2, -0.15) is 8.75 Å². The molecule has 0 N–H and O–H groups in total. The van der Waals surface area contributed by atoms with Crippen molar-refractivity contribution in [2.75, 3.05) is 13.2 Å². The number of aromatic nitrogens is 2. The van der Waals surface area contributed by atoms with Crippen molar-refractivity contribution in [2.45, 2.75) is 156 Å². The van der Waals surface area contributed by atoms with Gasteiger partial charge in [-0.25, -0.2) is 0 Å². The van der Waals surface area contributed by atoms with Crippen LogP contribution >= 0.6 is 79.7 Å². The second kappa shape index (κ2) is 33.0. The van der Waals surface area contributed by atoms with E-state index in [0.29, 0.717) is 50.4 Å². The van der Waals surface area contributed by atoms with Crippen molar-refractivity contribution in [3.8, 4) is 71.4 Å². The number of carbonyl (C=O) groups excluding carboxylic acids is 4. The average Bonchev–Trinajstić information content (AvgIpc) is 3.19. The van der Waals surface area contributed by atoms with Crippen LogP contribution in [0.2, 0.25) is 0 Å². The number of nitrogens with zero attached hydrogens (tertiary/aromatic N) is 2. The number of thiophene rings is 6. The lowest BCUT2D eigenvalue weighted by Gasteiger charge is -2.05. The first-order chi connectivity index (χ1) is 43.5. The van der Waals surface area contributed by atoms with Gasteiger partial charge in [-0.3, -0.25) is 19.2 Å². The molecule has 10 rings (SSSR count). The van der Waals surface area contributed by atoms with E-state index in [1.165, 1.54) is 82.8 Å². The highest BCUT2D eigenvalue weighted by molar-refractivity contribution is 7.28. The van der Waals surface area contributed by atoms with E-state index in [4.69, 9.17) is 27.7 Å². The standard InChI is InChI=1S/C72H76N2O8S7/c1-5-79-63(75)33-21-7-15-27-51-45-61(71-49(43-47(3)83-71)25-13-9-23-35-65(77)81-53-29-17-11-18-30-53)87-69(51)59-41-39-57(85-59)55-37-38-56(68-67(55)73-89-74-68)58-40-42-60(86-58)70-52(28-16-8-22-34-64(76)80-6-2)46-62(88-70)72-50(44-48(4)84-72)26-14-10-24-36-66(78)82-54-31-19-12-20-32-54/h11-12,17-20,29-32,37-46H,5-10,13-16,21-28,33-36H2,1-4H3. The number of hydrogen-bond acceptors (Lipinski definition) is 17. The van der Waals surface area contributed by atoms with Crippen LogP contribution in [0.1, 0.15) is 149 Å². The van der Waals surface area contributed by atoms with E-state index in [1.807, 2.05) is 143 Å². The number of aryl methyl sites for hydroxylation is 6. The molecule has 0 saturated heterocycles. The van der Waals surface area contributed by atoms with Crippen LogP contribution in [0.15, 0.2) is 121 Å². The first-order valence-corrected chi connectivity index (χ1v) is 36.9. The molecule has 10 nitrogen and oxygen atoms in total. The summed E-state index contributed by atoms with van der Waals surface area (Å²) in [6.45, 7) is 8.91. The van der Waals surface area contributed by atoms with Gasteiger partial charge in [-0.15, -0.1) is 68.0 Å². The van der Waals surface area contributed by atoms with Crippen LogP contribution in [0.25, 0.3) is 70.9 Å². The smallest absolute Gasteiger partial charge is 0.311 e. The fraction of sp³-hybridized carbons (Fsp3) is 0.361. The van der Waals surface area contributed by atoms with Crippen LogP contribution in [0.4, 0.5) is 0 Å². The van der Waals surface area contributed by atoms with Crippen molar-refractivity contribution in [1.29, 1.82) is 0 Å². The minimum atomic E-state index is -0.189. The molecule has 0 unspecified atom stereocenters. The monoisotopic (exact) mass is 1320 g/mol. The van der Waals surface area contributed by atoms with Crippen LogP contribution in [-0.2, 0) is 54.3 Å². The maximum absolute atomic E-state index is 12.6. The highest BCUT2D eigenvalue weighted by Crippen LogP contribution is 2.50. The minimum Gasteiger partial charge on any atom is -0.466 e. The molecule has 89 heavy (non-hydrogen) atoms. The van der Waals surface area contributed by atoms with E-state index in [1.54, 1.807) is 0 Å². The van der Waals surface area contributed by atoms with Crippen molar-refractivity contribution in [2.24, 2.45) is 0 Å². The third kappa shape index (κ3) is 18.2. The Hall–Kier alpha value is -6.44. The van der Waals surface area contributed by atoms with Gasteiger partial charge in [0.05, 0.1) is 24.9 Å². The molecule has 0 aliphatic heterocycles. The third-order valence-electron chi connectivity index (χ3n) is 15.4. The summed E-state index contributed by atoms with van der Waals surface area (Å²) in [4.78, 5) is 64.6. The zero-order valence-corrected chi connectivity index (χ0v) is 56.8. The zero-order chi connectivity index (χ0) is 61.9. The summed E-state index contributed by atoms with van der Waals surface area (Å²) in [5.74, 6) is 0.544. The number of fused-ring (bicyclic) bond motifs is 1. The van der Waals surface area contributed by atoms with E-state index in [0.717, 1.165) is 135 Å². The molecule has 0 atom stereocenters. The van der Waals surface area contributed by atoms with E-state index in [9.17, 15) is 19.2 Å². The minimum absolute atomic E-state index is 0.127. The van der Waals surface area contributed by atoms with Gasteiger partial charge in [0.2, 0.25) is 0 Å². The van der Waals surface area contributed by atoms with Crippen LogP contribution in [0, 0.1) is 13.8 Å². The predicted octanol–water partition coefficient (Wildman–Crippen LogP) is 21.4.